The number of thiocarbonyl (C=S) groups is 1. The monoisotopic (exact) mass is 213 g/mol. The second-order valence-corrected chi connectivity index (χ2v) is 3.43. The van der Waals surface area contributed by atoms with Gasteiger partial charge in [-0.05, 0) is 0 Å². The van der Waals surface area contributed by atoms with Gasteiger partial charge in [0.05, 0.1) is 5.51 Å². The Balaban J connectivity index is 0.000000145. The fraction of sp³-hybridized carbons (Fsp3) is 0.250. The highest BCUT2D eigenvalue weighted by Crippen LogP contribution is 1.96. The zero-order valence-electron chi connectivity index (χ0n) is 7.25. The molecule has 0 bridgehead atoms. The fourth-order valence-corrected chi connectivity index (χ4v) is 1.40. The van der Waals surface area contributed by atoms with Crippen molar-refractivity contribution in [1.82, 2.24) is 15.2 Å². The van der Waals surface area contributed by atoms with Gasteiger partial charge >= 0.3 is 0 Å². The first-order valence-corrected chi connectivity index (χ1v) is 5.18. The molecule has 0 radical (unpaired) electrons. The van der Waals surface area contributed by atoms with Crippen molar-refractivity contribution in [3.8, 4) is 0 Å². The Morgan fingerprint density at radius 1 is 1.69 bits per heavy atom. The van der Waals surface area contributed by atoms with Gasteiger partial charge in [-0.2, -0.15) is 0 Å². The van der Waals surface area contributed by atoms with Crippen LogP contribution in [0.2, 0.25) is 0 Å². The van der Waals surface area contributed by atoms with Crippen molar-refractivity contribution in [1.29, 1.82) is 0 Å². The van der Waals surface area contributed by atoms with Crippen LogP contribution in [0, 0.1) is 0 Å². The topological polar surface area (TPSA) is 28.2 Å². The van der Waals surface area contributed by atoms with Gasteiger partial charge in [-0.3, -0.25) is 4.98 Å². The molecule has 1 aromatic heterocycles. The van der Waals surface area contributed by atoms with E-state index in [4.69, 9.17) is 12.2 Å². The average Bonchev–Trinajstić information content (AvgIpc) is 2.76. The third kappa shape index (κ3) is 3.52. The Hall–Kier alpha value is -0.940. The molecule has 1 N–H and O–H groups in total. The maximum atomic E-state index is 4.72. The largest absolute Gasteiger partial charge is 0.366 e. The lowest BCUT2D eigenvalue weighted by atomic mass is 10.5. The van der Waals surface area contributed by atoms with E-state index in [-0.39, 0.29) is 6.17 Å². The maximum absolute atomic E-state index is 4.72. The first-order valence-electron chi connectivity index (χ1n) is 3.76. The number of hydrogen-bond donors (Lipinski definition) is 1. The van der Waals surface area contributed by atoms with Crippen LogP contribution in [0.1, 0.15) is 0 Å². The summed E-state index contributed by atoms with van der Waals surface area (Å²) in [7, 11) is 1.98. The number of hydrogen-bond acceptors (Lipinski definition) is 5. The molecule has 0 saturated carbocycles. The van der Waals surface area contributed by atoms with E-state index in [1.165, 1.54) is 0 Å². The Morgan fingerprint density at radius 2 is 2.54 bits per heavy atom. The van der Waals surface area contributed by atoms with Crippen LogP contribution >= 0.6 is 23.6 Å². The van der Waals surface area contributed by atoms with Crippen LogP contribution in [0.3, 0.4) is 0 Å². The third-order valence-electron chi connectivity index (χ3n) is 1.49. The van der Waals surface area contributed by atoms with Gasteiger partial charge in [-0.25, -0.2) is 0 Å². The highest BCUT2D eigenvalue weighted by Gasteiger charge is 2.08. The lowest BCUT2D eigenvalue weighted by molar-refractivity contribution is 0.420. The van der Waals surface area contributed by atoms with Gasteiger partial charge in [0.1, 0.15) is 6.17 Å². The molecule has 0 fully saturated rings. The molecule has 5 heteroatoms. The molecule has 0 aromatic carbocycles. The summed E-state index contributed by atoms with van der Waals surface area (Å²) in [4.78, 5) is 5.75. The first kappa shape index (κ1) is 10.1. The highest BCUT2D eigenvalue weighted by molar-refractivity contribution is 7.79. The van der Waals surface area contributed by atoms with Crippen LogP contribution in [0.5, 0.6) is 0 Å². The Labute approximate surface area is 87.1 Å². The number of nitrogens with one attached hydrogen (secondary N) is 1. The standard InChI is InChI=1S/C5H8N2S.C3H3NS/c1-7-3-2-6-5(7)4-8;1-2-5-3-4-1/h2-6H,1H3;1-3H. The molecule has 0 spiro atoms. The van der Waals surface area contributed by atoms with Crippen molar-refractivity contribution < 1.29 is 0 Å². The summed E-state index contributed by atoms with van der Waals surface area (Å²) in [5.74, 6) is 0. The number of nitrogens with zero attached hydrogens (tertiary/aromatic N) is 2. The van der Waals surface area contributed by atoms with E-state index >= 15 is 0 Å². The molecule has 70 valence electrons. The summed E-state index contributed by atoms with van der Waals surface area (Å²) < 4.78 is 0. The normalized spacial score (nSPS) is 18.8. The summed E-state index contributed by atoms with van der Waals surface area (Å²) in [6.45, 7) is 0. The zero-order valence-corrected chi connectivity index (χ0v) is 8.89. The van der Waals surface area contributed by atoms with E-state index < -0.39 is 0 Å². The zero-order chi connectivity index (χ0) is 9.52. The van der Waals surface area contributed by atoms with Gasteiger partial charge in [-0.1, -0.05) is 12.2 Å². The van der Waals surface area contributed by atoms with Gasteiger partial charge in [0, 0.05) is 36.4 Å². The average molecular weight is 213 g/mol. The van der Waals surface area contributed by atoms with Crippen LogP contribution in [0.25, 0.3) is 0 Å². The summed E-state index contributed by atoms with van der Waals surface area (Å²) in [5, 5.41) is 6.67. The Kier molecular flexibility index (Phi) is 4.42. The van der Waals surface area contributed by atoms with Gasteiger partial charge in [0.25, 0.3) is 0 Å². The van der Waals surface area contributed by atoms with Crippen LogP contribution in [0.4, 0.5) is 0 Å². The summed E-state index contributed by atoms with van der Waals surface area (Å²) in [6.07, 6.45) is 5.83. The van der Waals surface area contributed by atoms with Crippen molar-refractivity contribution in [2.75, 3.05) is 7.05 Å². The summed E-state index contributed by atoms with van der Waals surface area (Å²) in [5.41, 5.74) is 1.79. The van der Waals surface area contributed by atoms with Crippen molar-refractivity contribution in [2.24, 2.45) is 0 Å². The number of aromatic nitrogens is 1. The van der Waals surface area contributed by atoms with E-state index in [0.29, 0.717) is 0 Å². The van der Waals surface area contributed by atoms with Gasteiger partial charge in [0.15, 0.2) is 0 Å². The predicted octanol–water partition coefficient (Wildman–Crippen LogP) is 1.46. The SMILES string of the molecule is CN1C=CNC1C=S.c1cscn1. The van der Waals surface area contributed by atoms with Crippen LogP contribution in [0.15, 0.2) is 29.5 Å². The molecule has 2 heterocycles. The van der Waals surface area contributed by atoms with Gasteiger partial charge < -0.3 is 10.2 Å². The fourth-order valence-electron chi connectivity index (χ4n) is 0.780. The van der Waals surface area contributed by atoms with E-state index in [1.807, 2.05) is 29.7 Å². The van der Waals surface area contributed by atoms with E-state index in [1.54, 1.807) is 28.4 Å². The third-order valence-corrected chi connectivity index (χ3v) is 2.27. The predicted molar refractivity (Wildman–Crippen MR) is 59.6 cm³/mol. The van der Waals surface area contributed by atoms with Crippen LogP contribution in [-0.4, -0.2) is 28.5 Å². The lowest BCUT2D eigenvalue weighted by Gasteiger charge is -2.14. The molecule has 13 heavy (non-hydrogen) atoms. The Bertz CT molecular complexity index is 241. The quantitative estimate of drug-likeness (QED) is 0.715. The summed E-state index contributed by atoms with van der Waals surface area (Å²) in [6, 6.07) is 0. The van der Waals surface area contributed by atoms with E-state index in [9.17, 15) is 0 Å². The Morgan fingerprint density at radius 3 is 2.77 bits per heavy atom. The summed E-state index contributed by atoms with van der Waals surface area (Å²) >= 11 is 6.32. The minimum absolute atomic E-state index is 0.227. The minimum Gasteiger partial charge on any atom is -0.366 e. The van der Waals surface area contributed by atoms with Crippen LogP contribution < -0.4 is 5.32 Å². The lowest BCUT2D eigenvalue weighted by Crippen LogP contribution is -2.32. The number of rotatable bonds is 1. The van der Waals surface area contributed by atoms with Gasteiger partial charge in [0.2, 0.25) is 0 Å². The molecule has 2 rings (SSSR count). The van der Waals surface area contributed by atoms with Crippen molar-refractivity contribution in [3.63, 3.8) is 0 Å². The van der Waals surface area contributed by atoms with Gasteiger partial charge in [-0.15, -0.1) is 11.3 Å². The molecule has 1 unspecified atom stereocenters. The molecular weight excluding hydrogens is 202 g/mol. The second kappa shape index (κ2) is 5.66. The smallest absolute Gasteiger partial charge is 0.128 e. The van der Waals surface area contributed by atoms with Crippen molar-refractivity contribution >= 4 is 28.9 Å². The minimum atomic E-state index is 0.227. The highest BCUT2D eigenvalue weighted by atomic mass is 32.1. The molecule has 1 atom stereocenters. The molecule has 1 aliphatic rings. The first-order chi connectivity index (χ1) is 6.34. The molecular formula is C8H11N3S2. The number of thiazole rings is 1. The molecule has 1 aromatic rings. The van der Waals surface area contributed by atoms with Crippen molar-refractivity contribution in [2.45, 2.75) is 6.17 Å². The van der Waals surface area contributed by atoms with Crippen LogP contribution in [-0.2, 0) is 0 Å². The molecule has 1 aliphatic heterocycles. The van der Waals surface area contributed by atoms with E-state index in [0.717, 1.165) is 0 Å². The molecule has 0 saturated heterocycles. The second-order valence-electron chi connectivity index (χ2n) is 2.40. The molecule has 0 aliphatic carbocycles. The van der Waals surface area contributed by atoms with Crippen molar-refractivity contribution in [3.05, 3.63) is 29.5 Å². The maximum Gasteiger partial charge on any atom is 0.128 e. The molecule has 0 amide bonds. The molecule has 3 nitrogen and oxygen atoms in total. The van der Waals surface area contributed by atoms with E-state index in [2.05, 4.69) is 10.3 Å².